The van der Waals surface area contributed by atoms with Crippen LogP contribution in [0.3, 0.4) is 0 Å². The maximum atomic E-state index is 13.3. The minimum atomic E-state index is -3.63. The van der Waals surface area contributed by atoms with E-state index < -0.39 is 10.0 Å². The summed E-state index contributed by atoms with van der Waals surface area (Å²) in [5.41, 5.74) is 7.61. The van der Waals surface area contributed by atoms with Crippen molar-refractivity contribution >= 4 is 33.3 Å². The fraction of sp³-hybridized carbons (Fsp3) is 0.250. The maximum absolute atomic E-state index is 13.3. The zero-order valence-corrected chi connectivity index (χ0v) is 16.4. The van der Waals surface area contributed by atoms with Crippen molar-refractivity contribution in [3.8, 4) is 0 Å². The highest BCUT2D eigenvalue weighted by Crippen LogP contribution is 2.36. The molecule has 2 aromatic carbocycles. The van der Waals surface area contributed by atoms with Gasteiger partial charge in [-0.15, -0.1) is 12.4 Å². The van der Waals surface area contributed by atoms with Gasteiger partial charge in [-0.3, -0.25) is 4.98 Å². The van der Waals surface area contributed by atoms with Crippen LogP contribution < -0.4 is 5.73 Å². The molecule has 1 aromatic heterocycles. The Balaban J connectivity index is 0.00000210. The summed E-state index contributed by atoms with van der Waals surface area (Å²) >= 11 is 0. The number of hydrogen-bond acceptors (Lipinski definition) is 4. The second-order valence-corrected chi connectivity index (χ2v) is 8.57. The first-order chi connectivity index (χ1) is 12.6. The lowest BCUT2D eigenvalue weighted by molar-refractivity contribution is 0.459. The SMILES string of the molecule is Cl.NC[C@@H]1CN(S(=O)(=O)c2cccc3cccnc23)C[C@H]1c1ccccc1. The van der Waals surface area contributed by atoms with Gasteiger partial charge in [-0.1, -0.05) is 48.5 Å². The molecule has 2 N–H and O–H groups in total. The quantitative estimate of drug-likeness (QED) is 0.726. The standard InChI is InChI=1S/C20H21N3O2S.ClH/c21-12-17-13-23(14-18(17)15-6-2-1-3-7-15)26(24,25)19-10-4-8-16-9-5-11-22-20(16)19;/h1-11,17-18H,12-14,21H2;1H/t17-,18+;/m1./s1. The third-order valence-electron chi connectivity index (χ3n) is 5.15. The average Bonchev–Trinajstić information content (AvgIpc) is 3.13. The molecule has 0 radical (unpaired) electrons. The summed E-state index contributed by atoms with van der Waals surface area (Å²) in [7, 11) is -3.63. The molecule has 1 fully saturated rings. The summed E-state index contributed by atoms with van der Waals surface area (Å²) in [5.74, 6) is 0.217. The van der Waals surface area contributed by atoms with Crippen LogP contribution in [0.4, 0.5) is 0 Å². The van der Waals surface area contributed by atoms with Gasteiger partial charge in [0.05, 0.1) is 5.52 Å². The Kier molecular flexibility index (Phi) is 5.81. The van der Waals surface area contributed by atoms with Crippen molar-refractivity contribution < 1.29 is 8.42 Å². The van der Waals surface area contributed by atoms with E-state index in [1.807, 2.05) is 48.5 Å². The Bertz CT molecular complexity index is 1020. The smallest absolute Gasteiger partial charge is 0.245 e. The van der Waals surface area contributed by atoms with E-state index in [-0.39, 0.29) is 29.1 Å². The molecule has 1 saturated heterocycles. The van der Waals surface area contributed by atoms with Gasteiger partial charge in [-0.2, -0.15) is 4.31 Å². The lowest BCUT2D eigenvalue weighted by Gasteiger charge is -2.17. The van der Waals surface area contributed by atoms with Gasteiger partial charge in [-0.05, 0) is 30.2 Å². The molecule has 27 heavy (non-hydrogen) atoms. The molecule has 1 aliphatic rings. The number of para-hydroxylation sites is 1. The molecular formula is C20H22ClN3O2S. The van der Waals surface area contributed by atoms with Crippen molar-refractivity contribution in [3.63, 3.8) is 0 Å². The number of pyridine rings is 1. The van der Waals surface area contributed by atoms with Gasteiger partial charge in [0.15, 0.2) is 0 Å². The number of nitrogens with two attached hydrogens (primary N) is 1. The van der Waals surface area contributed by atoms with Crippen molar-refractivity contribution in [2.45, 2.75) is 10.8 Å². The molecule has 5 nitrogen and oxygen atoms in total. The topological polar surface area (TPSA) is 76.3 Å². The molecule has 0 aliphatic carbocycles. The number of fused-ring (bicyclic) bond motifs is 1. The van der Waals surface area contributed by atoms with Crippen LogP contribution in [0.2, 0.25) is 0 Å². The van der Waals surface area contributed by atoms with Crippen LogP contribution in [0.15, 0.2) is 71.8 Å². The Labute approximate surface area is 165 Å². The first-order valence-corrected chi connectivity index (χ1v) is 10.1. The third-order valence-corrected chi connectivity index (χ3v) is 7.01. The molecule has 3 aromatic rings. The Morgan fingerprint density at radius 2 is 1.74 bits per heavy atom. The second-order valence-electron chi connectivity index (χ2n) is 6.67. The number of hydrogen-bond donors (Lipinski definition) is 1. The second kappa shape index (κ2) is 7.94. The van der Waals surface area contributed by atoms with Gasteiger partial charge in [0.25, 0.3) is 0 Å². The van der Waals surface area contributed by atoms with Crippen LogP contribution in [-0.4, -0.2) is 37.3 Å². The van der Waals surface area contributed by atoms with E-state index in [1.54, 1.807) is 22.6 Å². The van der Waals surface area contributed by atoms with Gasteiger partial charge in [0, 0.05) is 30.6 Å². The van der Waals surface area contributed by atoms with E-state index in [2.05, 4.69) is 4.98 Å². The normalized spacial score (nSPS) is 20.5. The van der Waals surface area contributed by atoms with Crippen LogP contribution in [0, 0.1) is 5.92 Å². The molecular weight excluding hydrogens is 382 g/mol. The first kappa shape index (κ1) is 19.8. The molecule has 0 unspecified atom stereocenters. The minimum absolute atomic E-state index is 0. The van der Waals surface area contributed by atoms with Gasteiger partial charge in [0.2, 0.25) is 10.0 Å². The van der Waals surface area contributed by atoms with Crippen molar-refractivity contribution in [3.05, 3.63) is 72.4 Å². The Hall–Kier alpha value is -1.99. The average molecular weight is 404 g/mol. The van der Waals surface area contributed by atoms with Gasteiger partial charge in [0.1, 0.15) is 4.90 Å². The van der Waals surface area contributed by atoms with E-state index in [0.29, 0.717) is 25.2 Å². The summed E-state index contributed by atoms with van der Waals surface area (Å²) in [6.45, 7) is 1.33. The molecule has 1 aliphatic heterocycles. The minimum Gasteiger partial charge on any atom is -0.330 e. The van der Waals surface area contributed by atoms with Crippen LogP contribution in [0.1, 0.15) is 11.5 Å². The van der Waals surface area contributed by atoms with E-state index in [1.165, 1.54) is 0 Å². The van der Waals surface area contributed by atoms with Crippen molar-refractivity contribution in [1.29, 1.82) is 0 Å². The first-order valence-electron chi connectivity index (χ1n) is 8.70. The number of benzene rings is 2. The molecule has 0 amide bonds. The molecule has 0 spiro atoms. The van der Waals surface area contributed by atoms with Crippen molar-refractivity contribution in [2.24, 2.45) is 11.7 Å². The Morgan fingerprint density at radius 3 is 2.48 bits per heavy atom. The van der Waals surface area contributed by atoms with Crippen LogP contribution >= 0.6 is 12.4 Å². The maximum Gasteiger partial charge on any atom is 0.245 e. The number of halogens is 1. The zero-order valence-electron chi connectivity index (χ0n) is 14.7. The summed E-state index contributed by atoms with van der Waals surface area (Å²) in [6, 6.07) is 19.0. The van der Waals surface area contributed by atoms with Gasteiger partial charge in [-0.25, -0.2) is 8.42 Å². The van der Waals surface area contributed by atoms with Crippen LogP contribution in [0.5, 0.6) is 0 Å². The van der Waals surface area contributed by atoms with E-state index in [0.717, 1.165) is 10.9 Å². The van der Waals surface area contributed by atoms with E-state index >= 15 is 0 Å². The Morgan fingerprint density at radius 1 is 1.00 bits per heavy atom. The third kappa shape index (κ3) is 3.58. The number of rotatable bonds is 4. The molecule has 2 heterocycles. The fourth-order valence-electron chi connectivity index (χ4n) is 3.77. The molecule has 2 atom stereocenters. The van der Waals surface area contributed by atoms with Crippen LogP contribution in [-0.2, 0) is 10.0 Å². The molecule has 0 saturated carbocycles. The van der Waals surface area contributed by atoms with Crippen molar-refractivity contribution in [1.82, 2.24) is 9.29 Å². The molecule has 4 rings (SSSR count). The number of aromatic nitrogens is 1. The summed E-state index contributed by atoms with van der Waals surface area (Å²) < 4.78 is 28.2. The van der Waals surface area contributed by atoms with Crippen LogP contribution in [0.25, 0.3) is 10.9 Å². The fourth-order valence-corrected chi connectivity index (χ4v) is 5.46. The van der Waals surface area contributed by atoms with E-state index in [4.69, 9.17) is 5.73 Å². The summed E-state index contributed by atoms with van der Waals surface area (Å²) in [5, 5.41) is 0.822. The van der Waals surface area contributed by atoms with Gasteiger partial charge >= 0.3 is 0 Å². The molecule has 7 heteroatoms. The zero-order chi connectivity index (χ0) is 18.1. The summed E-state index contributed by atoms with van der Waals surface area (Å²) in [4.78, 5) is 4.57. The van der Waals surface area contributed by atoms with Gasteiger partial charge < -0.3 is 5.73 Å². The molecule has 142 valence electrons. The largest absolute Gasteiger partial charge is 0.330 e. The highest BCUT2D eigenvalue weighted by Gasteiger charge is 2.39. The predicted molar refractivity (Wildman–Crippen MR) is 109 cm³/mol. The number of sulfonamides is 1. The summed E-state index contributed by atoms with van der Waals surface area (Å²) in [6.07, 6.45) is 1.63. The predicted octanol–water partition coefficient (Wildman–Crippen LogP) is 3.02. The highest BCUT2D eigenvalue weighted by molar-refractivity contribution is 7.89. The lowest BCUT2D eigenvalue weighted by Crippen LogP contribution is -2.30. The van der Waals surface area contributed by atoms with E-state index in [9.17, 15) is 8.42 Å². The highest BCUT2D eigenvalue weighted by atomic mass is 35.5. The lowest BCUT2D eigenvalue weighted by atomic mass is 9.89. The molecule has 0 bridgehead atoms. The van der Waals surface area contributed by atoms with Crippen molar-refractivity contribution in [2.75, 3.05) is 19.6 Å². The number of nitrogens with zero attached hydrogens (tertiary/aromatic N) is 2. The monoisotopic (exact) mass is 403 g/mol.